The van der Waals surface area contributed by atoms with E-state index in [-0.39, 0.29) is 29.9 Å². The van der Waals surface area contributed by atoms with Crippen molar-refractivity contribution in [2.75, 3.05) is 0 Å². The van der Waals surface area contributed by atoms with Crippen molar-refractivity contribution in [3.63, 3.8) is 0 Å². The second-order valence-electron chi connectivity index (χ2n) is 2.35. The minimum atomic E-state index is -0.264. The topological polar surface area (TPSA) is 17.1 Å². The van der Waals surface area contributed by atoms with Gasteiger partial charge in [-0.3, -0.25) is 6.29 Å². The van der Waals surface area contributed by atoms with E-state index in [1.54, 1.807) is 0 Å². The van der Waals surface area contributed by atoms with Gasteiger partial charge in [-0.2, -0.15) is 0 Å². The monoisotopic (exact) mass is 163 g/mol. The van der Waals surface area contributed by atoms with Crippen molar-refractivity contribution in [1.82, 2.24) is 0 Å². The maximum absolute atomic E-state index is 9.70. The zero-order valence-electron chi connectivity index (χ0n) is 5.71. The second-order valence-corrected chi connectivity index (χ2v) is 2.35. The van der Waals surface area contributed by atoms with Crippen LogP contribution >= 0.6 is 0 Å². The SMILES string of the molecule is CC(C)(C)[C-]=O.[CH3-].[Cu+2]. The van der Waals surface area contributed by atoms with Crippen molar-refractivity contribution in [2.24, 2.45) is 5.41 Å². The Morgan fingerprint density at radius 1 is 1.25 bits per heavy atom. The summed E-state index contributed by atoms with van der Waals surface area (Å²) < 4.78 is 0. The molecule has 0 fully saturated rings. The van der Waals surface area contributed by atoms with Crippen molar-refractivity contribution >= 4 is 6.29 Å². The molecule has 0 saturated heterocycles. The van der Waals surface area contributed by atoms with Gasteiger partial charge in [0, 0.05) is 0 Å². The van der Waals surface area contributed by atoms with Gasteiger partial charge in [0.1, 0.15) is 0 Å². The maximum atomic E-state index is 9.70. The molecule has 0 atom stereocenters. The van der Waals surface area contributed by atoms with E-state index in [0.29, 0.717) is 0 Å². The van der Waals surface area contributed by atoms with E-state index >= 15 is 0 Å². The number of hydrogen-bond acceptors (Lipinski definition) is 1. The molecule has 0 rings (SSSR count). The molecule has 0 heterocycles. The molecule has 0 aliphatic rings. The van der Waals surface area contributed by atoms with Crippen molar-refractivity contribution in [3.8, 4) is 0 Å². The summed E-state index contributed by atoms with van der Waals surface area (Å²) in [4.78, 5) is 9.70. The smallest absolute Gasteiger partial charge is 0.541 e. The third-order valence-corrected chi connectivity index (χ3v) is 0.306. The maximum Gasteiger partial charge on any atom is 2.00 e. The Kier molecular flexibility index (Phi) is 10.5. The fraction of sp³-hybridized carbons (Fsp3) is 0.667. The molecule has 0 amide bonds. The molecule has 0 aromatic carbocycles. The number of hydrogen-bond donors (Lipinski definition) is 0. The first-order valence-corrected chi connectivity index (χ1v) is 1.95. The van der Waals surface area contributed by atoms with Crippen molar-refractivity contribution in [2.45, 2.75) is 20.8 Å². The molecule has 0 aromatic heterocycles. The van der Waals surface area contributed by atoms with Crippen LogP contribution in [0.4, 0.5) is 0 Å². The van der Waals surface area contributed by atoms with Crippen LogP contribution < -0.4 is 0 Å². The Morgan fingerprint density at radius 2 is 1.38 bits per heavy atom. The van der Waals surface area contributed by atoms with Crippen LogP contribution in [0.5, 0.6) is 0 Å². The summed E-state index contributed by atoms with van der Waals surface area (Å²) in [5, 5.41) is 0. The molecule has 0 saturated carbocycles. The van der Waals surface area contributed by atoms with Gasteiger partial charge in [0.15, 0.2) is 0 Å². The molecule has 0 bridgehead atoms. The summed E-state index contributed by atoms with van der Waals surface area (Å²) >= 11 is 0. The summed E-state index contributed by atoms with van der Waals surface area (Å²) in [6.45, 7) is 5.46. The minimum absolute atomic E-state index is 0. The Labute approximate surface area is 62.3 Å². The van der Waals surface area contributed by atoms with Crippen LogP contribution in [0.15, 0.2) is 0 Å². The number of carbonyl (C=O) groups excluding carboxylic acids is 1. The first kappa shape index (κ1) is 15.7. The van der Waals surface area contributed by atoms with Gasteiger partial charge in [-0.25, -0.2) is 0 Å². The molecule has 1 radical (unpaired) electrons. The van der Waals surface area contributed by atoms with E-state index in [0.717, 1.165) is 0 Å². The minimum Gasteiger partial charge on any atom is -0.541 e. The molecular weight excluding hydrogens is 152 g/mol. The summed E-state index contributed by atoms with van der Waals surface area (Å²) in [5.41, 5.74) is -0.264. The Bertz CT molecular complexity index is 54.0. The molecule has 0 aromatic rings. The van der Waals surface area contributed by atoms with E-state index in [1.807, 2.05) is 27.1 Å². The summed E-state index contributed by atoms with van der Waals surface area (Å²) in [7, 11) is 0. The van der Waals surface area contributed by atoms with E-state index in [2.05, 4.69) is 0 Å². The van der Waals surface area contributed by atoms with Gasteiger partial charge in [-0.05, 0) is 0 Å². The third-order valence-electron chi connectivity index (χ3n) is 0.306. The fourth-order valence-corrected chi connectivity index (χ4v) is 0. The fourth-order valence-electron chi connectivity index (χ4n) is 0. The first-order chi connectivity index (χ1) is 2.56. The summed E-state index contributed by atoms with van der Waals surface area (Å²) in [5.74, 6) is 0. The van der Waals surface area contributed by atoms with Crippen molar-refractivity contribution < 1.29 is 21.9 Å². The van der Waals surface area contributed by atoms with Gasteiger partial charge in [0.05, 0.1) is 0 Å². The standard InChI is InChI=1S/C5H9O.CH3.Cu/c1-5(2,3)4-6;;/h1-3H3;1H3;/q2*-1;+2. The zero-order chi connectivity index (χ0) is 5.21. The summed E-state index contributed by atoms with van der Waals surface area (Å²) in [6, 6.07) is 0. The average molecular weight is 164 g/mol. The van der Waals surface area contributed by atoms with E-state index < -0.39 is 0 Å². The largest absolute Gasteiger partial charge is 2.00 e. The van der Waals surface area contributed by atoms with Crippen molar-refractivity contribution in [3.05, 3.63) is 7.43 Å². The Balaban J connectivity index is -0.000000125. The molecule has 2 heteroatoms. The van der Waals surface area contributed by atoms with E-state index in [9.17, 15) is 4.79 Å². The van der Waals surface area contributed by atoms with Crippen LogP contribution in [0.3, 0.4) is 0 Å². The Morgan fingerprint density at radius 3 is 1.38 bits per heavy atom. The molecular formula is C6H12CuO. The van der Waals surface area contributed by atoms with Gasteiger partial charge in [-0.1, -0.05) is 20.8 Å². The second kappa shape index (κ2) is 5.33. The van der Waals surface area contributed by atoms with Crippen LogP contribution in [0.2, 0.25) is 0 Å². The van der Waals surface area contributed by atoms with Crippen LogP contribution in [-0.4, -0.2) is 6.29 Å². The normalized spacial score (nSPS) is 8.38. The van der Waals surface area contributed by atoms with Crippen LogP contribution in [0.1, 0.15) is 20.8 Å². The van der Waals surface area contributed by atoms with Gasteiger partial charge < -0.3 is 12.2 Å². The van der Waals surface area contributed by atoms with E-state index in [1.165, 1.54) is 0 Å². The predicted octanol–water partition coefficient (Wildman–Crippen LogP) is 1.59. The first-order valence-electron chi connectivity index (χ1n) is 1.95. The Hall–Kier alpha value is 0.189. The van der Waals surface area contributed by atoms with Crippen molar-refractivity contribution in [1.29, 1.82) is 0 Å². The van der Waals surface area contributed by atoms with Gasteiger partial charge >= 0.3 is 17.1 Å². The molecule has 0 unspecified atom stereocenters. The zero-order valence-corrected chi connectivity index (χ0v) is 6.65. The quantitative estimate of drug-likeness (QED) is 0.392. The summed E-state index contributed by atoms with van der Waals surface area (Å²) in [6.07, 6.45) is 1.85. The van der Waals surface area contributed by atoms with Gasteiger partial charge in [0.25, 0.3) is 0 Å². The number of rotatable bonds is 0. The van der Waals surface area contributed by atoms with Crippen LogP contribution in [0.25, 0.3) is 0 Å². The molecule has 0 spiro atoms. The predicted molar refractivity (Wildman–Crippen MR) is 31.6 cm³/mol. The van der Waals surface area contributed by atoms with Gasteiger partial charge in [0.2, 0.25) is 0 Å². The van der Waals surface area contributed by atoms with Crippen LogP contribution in [0, 0.1) is 12.8 Å². The molecule has 1 nitrogen and oxygen atoms in total. The van der Waals surface area contributed by atoms with Crippen LogP contribution in [-0.2, 0) is 21.9 Å². The molecule has 0 aliphatic carbocycles. The average Bonchev–Trinajstić information content (AvgIpc) is 1.35. The molecule has 8 heavy (non-hydrogen) atoms. The molecule has 0 aliphatic heterocycles. The van der Waals surface area contributed by atoms with E-state index in [4.69, 9.17) is 0 Å². The molecule has 53 valence electrons. The molecule has 0 N–H and O–H groups in total. The third kappa shape index (κ3) is 16.4. The van der Waals surface area contributed by atoms with Gasteiger partial charge in [-0.15, -0.1) is 5.41 Å².